The Balaban J connectivity index is 1.61. The monoisotopic (exact) mass is 305 g/mol. The van der Waals surface area contributed by atoms with E-state index in [4.69, 9.17) is 10.00 Å². The minimum atomic E-state index is 0.765. The Bertz CT molecular complexity index is 728. The molecule has 3 heteroatoms. The number of nitrogens with zero attached hydrogens (tertiary/aromatic N) is 1. The number of benzene rings is 2. The molecule has 0 spiro atoms. The molecule has 1 aliphatic rings. The molecule has 1 saturated carbocycles. The summed E-state index contributed by atoms with van der Waals surface area (Å²) in [5.74, 6) is 7.94. The normalized spacial score (nSPS) is 12.9. The standard InChI is InChI=1S/C19H15NOS/c20-14-22-19-11-7-16(8-12-19)2-1-15-5-9-18(10-6-15)21-13-17-3-4-17/h5-12,17H,3-4,13H2. The third kappa shape index (κ3) is 4.32. The average molecular weight is 305 g/mol. The third-order valence-electron chi connectivity index (χ3n) is 3.41. The molecule has 0 saturated heterocycles. The molecule has 0 atom stereocenters. The van der Waals surface area contributed by atoms with Crippen molar-refractivity contribution in [1.29, 1.82) is 5.26 Å². The summed E-state index contributed by atoms with van der Waals surface area (Å²) in [5.41, 5.74) is 1.91. The maximum atomic E-state index is 8.61. The van der Waals surface area contributed by atoms with Crippen LogP contribution in [-0.2, 0) is 0 Å². The summed E-state index contributed by atoms with van der Waals surface area (Å²) < 4.78 is 5.71. The second-order valence-corrected chi connectivity index (χ2v) is 6.10. The minimum absolute atomic E-state index is 0.765. The van der Waals surface area contributed by atoms with Gasteiger partial charge in [0.1, 0.15) is 11.2 Å². The number of rotatable bonds is 4. The van der Waals surface area contributed by atoms with Crippen molar-refractivity contribution in [3.8, 4) is 23.0 Å². The SMILES string of the molecule is N#CSc1ccc(C#Cc2ccc(OCC3CC3)cc2)cc1. The van der Waals surface area contributed by atoms with E-state index in [1.807, 2.05) is 48.5 Å². The molecular weight excluding hydrogens is 290 g/mol. The van der Waals surface area contributed by atoms with Gasteiger partial charge in [0.2, 0.25) is 0 Å². The molecule has 0 aromatic heterocycles. The first-order chi connectivity index (χ1) is 10.8. The smallest absolute Gasteiger partial charge is 0.138 e. The fourth-order valence-corrected chi connectivity index (χ4v) is 2.31. The van der Waals surface area contributed by atoms with Crippen molar-refractivity contribution in [2.24, 2.45) is 5.92 Å². The highest BCUT2D eigenvalue weighted by Crippen LogP contribution is 2.29. The molecule has 2 aromatic carbocycles. The molecule has 3 rings (SSSR count). The van der Waals surface area contributed by atoms with Gasteiger partial charge >= 0.3 is 0 Å². The number of thioether (sulfide) groups is 1. The summed E-state index contributed by atoms with van der Waals surface area (Å²) in [6.45, 7) is 0.831. The molecule has 0 N–H and O–H groups in total. The van der Waals surface area contributed by atoms with Crippen LogP contribution in [0.1, 0.15) is 24.0 Å². The van der Waals surface area contributed by atoms with Crippen LogP contribution in [0.3, 0.4) is 0 Å². The van der Waals surface area contributed by atoms with E-state index >= 15 is 0 Å². The van der Waals surface area contributed by atoms with Gasteiger partial charge in [0.05, 0.1) is 6.61 Å². The van der Waals surface area contributed by atoms with Crippen LogP contribution in [0.25, 0.3) is 0 Å². The predicted molar refractivity (Wildman–Crippen MR) is 88.6 cm³/mol. The van der Waals surface area contributed by atoms with Crippen molar-refractivity contribution in [2.45, 2.75) is 17.7 Å². The van der Waals surface area contributed by atoms with Gasteiger partial charge in [-0.1, -0.05) is 11.8 Å². The van der Waals surface area contributed by atoms with Gasteiger partial charge in [-0.15, -0.1) is 0 Å². The van der Waals surface area contributed by atoms with E-state index in [2.05, 4.69) is 17.2 Å². The Labute approximate surface area is 135 Å². The number of nitriles is 1. The first-order valence-electron chi connectivity index (χ1n) is 7.24. The van der Waals surface area contributed by atoms with E-state index < -0.39 is 0 Å². The molecule has 22 heavy (non-hydrogen) atoms. The molecule has 2 aromatic rings. The molecule has 1 fully saturated rings. The minimum Gasteiger partial charge on any atom is -0.493 e. The van der Waals surface area contributed by atoms with E-state index in [9.17, 15) is 0 Å². The Hall–Kier alpha value is -2.36. The maximum absolute atomic E-state index is 8.61. The molecule has 2 nitrogen and oxygen atoms in total. The summed E-state index contributed by atoms with van der Waals surface area (Å²) in [4.78, 5) is 0.935. The highest BCUT2D eigenvalue weighted by molar-refractivity contribution is 8.03. The van der Waals surface area contributed by atoms with Crippen LogP contribution >= 0.6 is 11.8 Å². The van der Waals surface area contributed by atoms with Crippen LogP contribution in [0.4, 0.5) is 0 Å². The van der Waals surface area contributed by atoms with Crippen LogP contribution in [0.15, 0.2) is 53.4 Å². The average Bonchev–Trinajstić information content (AvgIpc) is 3.38. The number of hydrogen-bond acceptors (Lipinski definition) is 3. The van der Waals surface area contributed by atoms with E-state index in [0.717, 1.165) is 46.1 Å². The highest BCUT2D eigenvalue weighted by atomic mass is 32.2. The number of thiocyanates is 1. The van der Waals surface area contributed by atoms with Crippen molar-refractivity contribution < 1.29 is 4.74 Å². The Kier molecular flexibility index (Phi) is 4.68. The largest absolute Gasteiger partial charge is 0.493 e. The van der Waals surface area contributed by atoms with Gasteiger partial charge in [-0.25, -0.2) is 0 Å². The van der Waals surface area contributed by atoms with Crippen molar-refractivity contribution in [3.05, 3.63) is 59.7 Å². The number of ether oxygens (including phenoxy) is 1. The van der Waals surface area contributed by atoms with Crippen molar-refractivity contribution >= 4 is 11.8 Å². The molecule has 0 heterocycles. The molecule has 0 amide bonds. The van der Waals surface area contributed by atoms with Gasteiger partial charge in [0.15, 0.2) is 0 Å². The molecule has 1 aliphatic carbocycles. The van der Waals surface area contributed by atoms with Gasteiger partial charge in [-0.3, -0.25) is 0 Å². The van der Waals surface area contributed by atoms with E-state index in [1.54, 1.807) is 0 Å². The topological polar surface area (TPSA) is 33.0 Å². The Morgan fingerprint density at radius 1 is 0.955 bits per heavy atom. The van der Waals surface area contributed by atoms with Crippen LogP contribution in [0.5, 0.6) is 5.75 Å². The van der Waals surface area contributed by atoms with Gasteiger partial charge in [-0.05, 0) is 79.1 Å². The fourth-order valence-electron chi connectivity index (χ4n) is 1.94. The Morgan fingerprint density at radius 2 is 1.55 bits per heavy atom. The Morgan fingerprint density at radius 3 is 2.09 bits per heavy atom. The molecule has 0 unspecified atom stereocenters. The predicted octanol–water partition coefficient (Wildman–Crippen LogP) is 4.45. The molecule has 0 radical (unpaired) electrons. The van der Waals surface area contributed by atoms with Gasteiger partial charge in [0, 0.05) is 16.0 Å². The van der Waals surface area contributed by atoms with Crippen molar-refractivity contribution in [3.63, 3.8) is 0 Å². The van der Waals surface area contributed by atoms with Crippen LogP contribution in [0, 0.1) is 28.4 Å². The van der Waals surface area contributed by atoms with Crippen LogP contribution in [-0.4, -0.2) is 6.61 Å². The lowest BCUT2D eigenvalue weighted by Gasteiger charge is -2.04. The molecule has 0 bridgehead atoms. The first-order valence-corrected chi connectivity index (χ1v) is 8.06. The summed E-state index contributed by atoms with van der Waals surface area (Å²) in [6.07, 6.45) is 2.60. The summed E-state index contributed by atoms with van der Waals surface area (Å²) >= 11 is 1.15. The lowest BCUT2D eigenvalue weighted by molar-refractivity contribution is 0.300. The quantitative estimate of drug-likeness (QED) is 0.475. The van der Waals surface area contributed by atoms with Gasteiger partial charge < -0.3 is 4.74 Å². The summed E-state index contributed by atoms with van der Waals surface area (Å²) in [6, 6.07) is 15.6. The van der Waals surface area contributed by atoms with Gasteiger partial charge in [0.25, 0.3) is 0 Å². The molecule has 108 valence electrons. The van der Waals surface area contributed by atoms with E-state index in [1.165, 1.54) is 12.8 Å². The lowest BCUT2D eigenvalue weighted by Crippen LogP contribution is -1.98. The molecular formula is C19H15NOS. The third-order valence-corrected chi connectivity index (χ3v) is 4.01. The zero-order valence-corrected chi connectivity index (χ0v) is 12.9. The lowest BCUT2D eigenvalue weighted by atomic mass is 10.2. The molecule has 0 aliphatic heterocycles. The second kappa shape index (κ2) is 7.07. The fraction of sp³-hybridized carbons (Fsp3) is 0.211. The zero-order valence-electron chi connectivity index (χ0n) is 12.1. The van der Waals surface area contributed by atoms with E-state index in [0.29, 0.717) is 0 Å². The van der Waals surface area contributed by atoms with Crippen molar-refractivity contribution in [2.75, 3.05) is 6.61 Å². The van der Waals surface area contributed by atoms with Crippen LogP contribution in [0.2, 0.25) is 0 Å². The first kappa shape index (κ1) is 14.6. The van der Waals surface area contributed by atoms with Crippen LogP contribution < -0.4 is 4.74 Å². The van der Waals surface area contributed by atoms with E-state index in [-0.39, 0.29) is 0 Å². The number of hydrogen-bond donors (Lipinski definition) is 0. The van der Waals surface area contributed by atoms with Crippen molar-refractivity contribution in [1.82, 2.24) is 0 Å². The second-order valence-electron chi connectivity index (χ2n) is 5.25. The van der Waals surface area contributed by atoms with Gasteiger partial charge in [-0.2, -0.15) is 5.26 Å². The zero-order chi connectivity index (χ0) is 15.2. The summed E-state index contributed by atoms with van der Waals surface area (Å²) in [7, 11) is 0. The summed E-state index contributed by atoms with van der Waals surface area (Å²) in [5, 5.41) is 10.7. The highest BCUT2D eigenvalue weighted by Gasteiger charge is 2.21. The maximum Gasteiger partial charge on any atom is 0.138 e.